The number of rotatable bonds is 6. The normalized spacial score (nSPS) is 16.6. The summed E-state index contributed by atoms with van der Waals surface area (Å²) in [5, 5.41) is 20.1. The van der Waals surface area contributed by atoms with Crippen LogP contribution in [0, 0.1) is 0 Å². The molecule has 2 atom stereocenters. The summed E-state index contributed by atoms with van der Waals surface area (Å²) < 4.78 is 10.6. The van der Waals surface area contributed by atoms with E-state index in [9.17, 15) is 9.90 Å². The van der Waals surface area contributed by atoms with Gasteiger partial charge < -0.3 is 24.7 Å². The number of carbonyl (C=O) groups excluding carboxylic acids is 1. The number of aliphatic hydroxyl groups excluding tert-OH is 2. The predicted octanol–water partition coefficient (Wildman–Crippen LogP) is 3.78. The molecule has 0 spiro atoms. The minimum absolute atomic E-state index is 0.00993. The first kappa shape index (κ1) is 21.2. The number of carbonyl (C=O) groups is 1. The van der Waals surface area contributed by atoms with Crippen LogP contribution in [0.15, 0.2) is 55.3 Å². The number of halogens is 1. The highest BCUT2D eigenvalue weighted by molar-refractivity contribution is 6.31. The first-order valence-corrected chi connectivity index (χ1v) is 10.3. The standard InChI is InChI=1S/C23H23ClN2O5/c1-2-30-23(29)26-10-9-18-19-11-15(24)5-8-20(19)25-21(18)22(26)14-3-6-17(7-4-14)31-13-16(28)12-27/h2-8,11,16,22,25,27-28H,1,9-10,12-13H2. The Morgan fingerprint density at radius 2 is 2.10 bits per heavy atom. The summed E-state index contributed by atoms with van der Waals surface area (Å²) in [6.45, 7) is 3.59. The fraction of sp³-hybridized carbons (Fsp3) is 0.261. The number of fused-ring (bicyclic) bond motifs is 3. The molecule has 0 radical (unpaired) electrons. The topological polar surface area (TPSA) is 95.0 Å². The lowest BCUT2D eigenvalue weighted by Gasteiger charge is -2.35. The van der Waals surface area contributed by atoms with Crippen LogP contribution in [0.4, 0.5) is 4.79 Å². The number of ether oxygens (including phenoxy) is 2. The Balaban J connectivity index is 1.72. The zero-order valence-electron chi connectivity index (χ0n) is 16.8. The molecule has 2 unspecified atom stereocenters. The second-order valence-corrected chi connectivity index (χ2v) is 7.76. The summed E-state index contributed by atoms with van der Waals surface area (Å²) in [5.74, 6) is 0.552. The van der Waals surface area contributed by atoms with E-state index in [1.807, 2.05) is 30.3 Å². The van der Waals surface area contributed by atoms with Gasteiger partial charge >= 0.3 is 6.09 Å². The molecule has 0 bridgehead atoms. The molecule has 1 amide bonds. The van der Waals surface area contributed by atoms with Crippen molar-refractivity contribution >= 4 is 28.6 Å². The smallest absolute Gasteiger partial charge is 0.415 e. The molecule has 3 N–H and O–H groups in total. The third kappa shape index (κ3) is 4.25. The van der Waals surface area contributed by atoms with E-state index in [1.165, 1.54) is 0 Å². The minimum atomic E-state index is -0.942. The fourth-order valence-corrected chi connectivity index (χ4v) is 4.11. The number of H-pyrrole nitrogens is 1. The summed E-state index contributed by atoms with van der Waals surface area (Å²) in [4.78, 5) is 17.8. The number of aromatic nitrogens is 1. The third-order valence-electron chi connectivity index (χ3n) is 5.36. The van der Waals surface area contributed by atoms with Gasteiger partial charge in [-0.05, 0) is 47.9 Å². The molecule has 2 heterocycles. The van der Waals surface area contributed by atoms with Crippen molar-refractivity contribution in [2.75, 3.05) is 19.8 Å². The molecule has 8 heteroatoms. The van der Waals surface area contributed by atoms with Crippen molar-refractivity contribution in [3.63, 3.8) is 0 Å². The number of hydrogen-bond acceptors (Lipinski definition) is 5. The van der Waals surface area contributed by atoms with Crippen molar-refractivity contribution in [1.29, 1.82) is 0 Å². The van der Waals surface area contributed by atoms with Crippen LogP contribution in [0.25, 0.3) is 10.9 Å². The van der Waals surface area contributed by atoms with E-state index in [0.717, 1.165) is 34.0 Å². The highest BCUT2D eigenvalue weighted by Crippen LogP contribution is 2.39. The number of aliphatic hydroxyl groups is 2. The molecule has 1 aromatic heterocycles. The molecule has 4 rings (SSSR count). The van der Waals surface area contributed by atoms with Gasteiger partial charge in [-0.3, -0.25) is 4.90 Å². The molecule has 2 aromatic carbocycles. The van der Waals surface area contributed by atoms with E-state index in [4.69, 9.17) is 26.2 Å². The fourth-order valence-electron chi connectivity index (χ4n) is 3.93. The largest absolute Gasteiger partial charge is 0.491 e. The van der Waals surface area contributed by atoms with Gasteiger partial charge in [0.15, 0.2) is 0 Å². The molecule has 1 aliphatic rings. The van der Waals surface area contributed by atoms with Gasteiger partial charge in [0.1, 0.15) is 24.5 Å². The van der Waals surface area contributed by atoms with Gasteiger partial charge in [0.2, 0.25) is 0 Å². The van der Waals surface area contributed by atoms with Crippen molar-refractivity contribution in [1.82, 2.24) is 9.88 Å². The van der Waals surface area contributed by atoms with Gasteiger partial charge in [-0.25, -0.2) is 4.79 Å². The summed E-state index contributed by atoms with van der Waals surface area (Å²) >= 11 is 6.21. The Morgan fingerprint density at radius 1 is 1.32 bits per heavy atom. The third-order valence-corrected chi connectivity index (χ3v) is 5.59. The summed E-state index contributed by atoms with van der Waals surface area (Å²) in [6.07, 6.45) is 0.374. The number of nitrogens with zero attached hydrogens (tertiary/aromatic N) is 1. The molecule has 162 valence electrons. The van der Waals surface area contributed by atoms with E-state index in [2.05, 4.69) is 11.6 Å². The molecule has 0 saturated heterocycles. The van der Waals surface area contributed by atoms with Gasteiger partial charge in [-0.1, -0.05) is 30.3 Å². The monoisotopic (exact) mass is 442 g/mol. The Labute approximate surface area is 184 Å². The maximum absolute atomic E-state index is 12.7. The van der Waals surface area contributed by atoms with Crippen LogP contribution in [-0.4, -0.2) is 52.1 Å². The van der Waals surface area contributed by atoms with Crippen molar-refractivity contribution in [3.8, 4) is 5.75 Å². The quantitative estimate of drug-likeness (QED) is 0.505. The van der Waals surface area contributed by atoms with Crippen molar-refractivity contribution < 1.29 is 24.5 Å². The van der Waals surface area contributed by atoms with Crippen LogP contribution in [0.1, 0.15) is 22.9 Å². The lowest BCUT2D eigenvalue weighted by Crippen LogP contribution is -2.40. The maximum atomic E-state index is 12.7. The zero-order valence-corrected chi connectivity index (χ0v) is 17.5. The second-order valence-electron chi connectivity index (χ2n) is 7.32. The van der Waals surface area contributed by atoms with Gasteiger partial charge in [0, 0.05) is 28.2 Å². The molecule has 1 aliphatic heterocycles. The number of aromatic amines is 1. The predicted molar refractivity (Wildman–Crippen MR) is 117 cm³/mol. The van der Waals surface area contributed by atoms with Crippen molar-refractivity contribution in [2.24, 2.45) is 0 Å². The van der Waals surface area contributed by atoms with E-state index in [1.54, 1.807) is 17.0 Å². The average Bonchev–Trinajstić information content (AvgIpc) is 3.15. The maximum Gasteiger partial charge on any atom is 0.415 e. The van der Waals surface area contributed by atoms with E-state index in [0.29, 0.717) is 23.7 Å². The molecule has 0 saturated carbocycles. The lowest BCUT2D eigenvalue weighted by atomic mass is 9.92. The van der Waals surface area contributed by atoms with Crippen molar-refractivity contribution in [2.45, 2.75) is 18.6 Å². The Bertz CT molecular complexity index is 1100. The molecule has 0 aliphatic carbocycles. The average molecular weight is 443 g/mol. The lowest BCUT2D eigenvalue weighted by molar-refractivity contribution is 0.0536. The minimum Gasteiger partial charge on any atom is -0.491 e. The molecule has 3 aromatic rings. The highest BCUT2D eigenvalue weighted by atomic mass is 35.5. The number of amides is 1. The van der Waals surface area contributed by atoms with E-state index in [-0.39, 0.29) is 19.3 Å². The summed E-state index contributed by atoms with van der Waals surface area (Å²) in [5.41, 5.74) is 3.86. The Kier molecular flexibility index (Phi) is 6.18. The number of nitrogens with one attached hydrogen (secondary N) is 1. The number of benzene rings is 2. The molecular formula is C23H23ClN2O5. The summed E-state index contributed by atoms with van der Waals surface area (Å²) in [6, 6.07) is 12.6. The van der Waals surface area contributed by atoms with Crippen LogP contribution in [-0.2, 0) is 11.2 Å². The SMILES string of the molecule is C=COC(=O)N1CCc2c([nH]c3ccc(Cl)cc23)C1c1ccc(OCC(O)CO)cc1. The molecular weight excluding hydrogens is 420 g/mol. The number of hydrogen-bond donors (Lipinski definition) is 3. The first-order valence-electron chi connectivity index (χ1n) is 9.91. The van der Waals surface area contributed by atoms with Gasteiger partial charge in [-0.2, -0.15) is 0 Å². The highest BCUT2D eigenvalue weighted by Gasteiger charge is 2.35. The van der Waals surface area contributed by atoms with Gasteiger partial charge in [-0.15, -0.1) is 0 Å². The molecule has 7 nitrogen and oxygen atoms in total. The van der Waals surface area contributed by atoms with Crippen LogP contribution < -0.4 is 4.74 Å². The second kappa shape index (κ2) is 9.01. The van der Waals surface area contributed by atoms with Crippen molar-refractivity contribution in [3.05, 3.63) is 77.1 Å². The van der Waals surface area contributed by atoms with Crippen LogP contribution in [0.3, 0.4) is 0 Å². The molecule has 31 heavy (non-hydrogen) atoms. The van der Waals surface area contributed by atoms with E-state index < -0.39 is 12.2 Å². The Hall–Kier alpha value is -3.00. The molecule has 0 fully saturated rings. The Morgan fingerprint density at radius 3 is 2.81 bits per heavy atom. The van der Waals surface area contributed by atoms with Gasteiger partial charge in [0.25, 0.3) is 0 Å². The van der Waals surface area contributed by atoms with Crippen LogP contribution in [0.5, 0.6) is 5.75 Å². The van der Waals surface area contributed by atoms with E-state index >= 15 is 0 Å². The van der Waals surface area contributed by atoms with Gasteiger partial charge in [0.05, 0.1) is 12.9 Å². The first-order chi connectivity index (χ1) is 15.0. The van der Waals surface area contributed by atoms with Crippen LogP contribution in [0.2, 0.25) is 5.02 Å². The summed E-state index contributed by atoms with van der Waals surface area (Å²) in [7, 11) is 0. The zero-order chi connectivity index (χ0) is 22.0. The van der Waals surface area contributed by atoms with Crippen LogP contribution >= 0.6 is 11.6 Å².